The van der Waals surface area contributed by atoms with Gasteiger partial charge in [-0.3, -0.25) is 11.3 Å². The van der Waals surface area contributed by atoms with Crippen LogP contribution in [0.2, 0.25) is 0 Å². The number of rotatable bonds is 5. The van der Waals surface area contributed by atoms with Crippen LogP contribution < -0.4 is 16.0 Å². The molecule has 0 bridgehead atoms. The highest BCUT2D eigenvalue weighted by atomic mass is 19.1. The Hall–Kier alpha value is -1.98. The van der Waals surface area contributed by atoms with Gasteiger partial charge in [0, 0.05) is 11.6 Å². The number of hydrogen-bond acceptors (Lipinski definition) is 3. The molecule has 5 heteroatoms. The molecular formula is C16H18F2N2O. The highest BCUT2D eigenvalue weighted by Crippen LogP contribution is 2.27. The van der Waals surface area contributed by atoms with Crippen LogP contribution in [0.3, 0.4) is 0 Å². The van der Waals surface area contributed by atoms with Gasteiger partial charge in [0.15, 0.2) is 0 Å². The van der Waals surface area contributed by atoms with Gasteiger partial charge < -0.3 is 4.74 Å². The van der Waals surface area contributed by atoms with Crippen molar-refractivity contribution in [3.63, 3.8) is 0 Å². The Morgan fingerprint density at radius 1 is 1.19 bits per heavy atom. The van der Waals surface area contributed by atoms with Crippen molar-refractivity contribution in [1.82, 2.24) is 5.43 Å². The monoisotopic (exact) mass is 292 g/mol. The Balaban J connectivity index is 2.34. The lowest BCUT2D eigenvalue weighted by atomic mass is 9.97. The van der Waals surface area contributed by atoms with Crippen molar-refractivity contribution in [2.24, 2.45) is 5.84 Å². The smallest absolute Gasteiger partial charge is 0.130 e. The van der Waals surface area contributed by atoms with E-state index in [1.165, 1.54) is 6.07 Å². The predicted octanol–water partition coefficient (Wildman–Crippen LogP) is 3.03. The van der Waals surface area contributed by atoms with Gasteiger partial charge in [0.2, 0.25) is 0 Å². The summed E-state index contributed by atoms with van der Waals surface area (Å²) in [5.41, 5.74) is 4.20. The second-order valence-corrected chi connectivity index (χ2v) is 4.86. The van der Waals surface area contributed by atoms with Gasteiger partial charge in [-0.25, -0.2) is 8.78 Å². The number of nitrogens with two attached hydrogens (primary N) is 1. The van der Waals surface area contributed by atoms with Crippen molar-refractivity contribution in [2.75, 3.05) is 7.11 Å². The normalized spacial score (nSPS) is 12.2. The van der Waals surface area contributed by atoms with E-state index in [0.29, 0.717) is 23.3 Å². The van der Waals surface area contributed by atoms with Gasteiger partial charge in [-0.05, 0) is 36.6 Å². The highest BCUT2D eigenvalue weighted by Gasteiger charge is 2.18. The van der Waals surface area contributed by atoms with E-state index in [1.54, 1.807) is 14.0 Å². The molecule has 0 aliphatic heterocycles. The molecule has 0 aliphatic carbocycles. The molecule has 2 aromatic carbocycles. The highest BCUT2D eigenvalue weighted by molar-refractivity contribution is 5.36. The minimum atomic E-state index is -0.615. The predicted molar refractivity (Wildman–Crippen MR) is 77.9 cm³/mol. The Kier molecular flexibility index (Phi) is 4.88. The van der Waals surface area contributed by atoms with Crippen LogP contribution in [-0.2, 0) is 6.42 Å². The largest absolute Gasteiger partial charge is 0.496 e. The van der Waals surface area contributed by atoms with Crippen LogP contribution in [-0.4, -0.2) is 7.11 Å². The number of hydrogen-bond donors (Lipinski definition) is 2. The first-order chi connectivity index (χ1) is 10.1. The molecule has 0 radical (unpaired) electrons. The van der Waals surface area contributed by atoms with Crippen molar-refractivity contribution in [3.8, 4) is 5.75 Å². The maximum Gasteiger partial charge on any atom is 0.130 e. The third kappa shape index (κ3) is 3.37. The average molecular weight is 292 g/mol. The molecule has 0 amide bonds. The fraction of sp³-hybridized carbons (Fsp3) is 0.250. The lowest BCUT2D eigenvalue weighted by Crippen LogP contribution is -2.30. The van der Waals surface area contributed by atoms with Gasteiger partial charge in [0.25, 0.3) is 0 Å². The zero-order valence-corrected chi connectivity index (χ0v) is 12.0. The maximum absolute atomic E-state index is 14.0. The third-order valence-electron chi connectivity index (χ3n) is 3.47. The third-order valence-corrected chi connectivity index (χ3v) is 3.47. The Morgan fingerprint density at radius 2 is 1.90 bits per heavy atom. The minimum Gasteiger partial charge on any atom is -0.496 e. The Morgan fingerprint density at radius 3 is 2.57 bits per heavy atom. The van der Waals surface area contributed by atoms with Gasteiger partial charge >= 0.3 is 0 Å². The molecule has 112 valence electrons. The molecule has 1 unspecified atom stereocenters. The first-order valence-corrected chi connectivity index (χ1v) is 6.60. The number of nitrogens with one attached hydrogen (secondary N) is 1. The average Bonchev–Trinajstić information content (AvgIpc) is 2.49. The summed E-state index contributed by atoms with van der Waals surface area (Å²) in [6.07, 6.45) is 0.433. The SMILES string of the molecule is COc1ccccc1CC(NN)c1cc(C)c(F)cc1F. The van der Waals surface area contributed by atoms with Crippen molar-refractivity contribution >= 4 is 0 Å². The number of aryl methyl sites for hydroxylation is 1. The number of hydrazine groups is 1. The standard InChI is InChI=1S/C16H18F2N2O/c1-10-7-12(14(18)9-13(10)17)15(20-19)8-11-5-3-4-6-16(11)21-2/h3-7,9,15,20H,8,19H2,1-2H3. The molecule has 0 saturated carbocycles. The van der Waals surface area contributed by atoms with Crippen LogP contribution >= 0.6 is 0 Å². The van der Waals surface area contributed by atoms with Crippen molar-refractivity contribution < 1.29 is 13.5 Å². The van der Waals surface area contributed by atoms with E-state index >= 15 is 0 Å². The molecular weight excluding hydrogens is 274 g/mol. The molecule has 21 heavy (non-hydrogen) atoms. The summed E-state index contributed by atoms with van der Waals surface area (Å²) in [5.74, 6) is 5.08. The topological polar surface area (TPSA) is 47.3 Å². The molecule has 2 aromatic rings. The fourth-order valence-corrected chi connectivity index (χ4v) is 2.30. The molecule has 0 fully saturated rings. The van der Waals surface area contributed by atoms with Crippen LogP contribution in [0.15, 0.2) is 36.4 Å². The van der Waals surface area contributed by atoms with E-state index in [0.717, 1.165) is 11.6 Å². The summed E-state index contributed by atoms with van der Waals surface area (Å²) in [6, 6.07) is 9.34. The van der Waals surface area contributed by atoms with Crippen molar-refractivity contribution in [1.29, 1.82) is 0 Å². The van der Waals surface area contributed by atoms with Crippen LogP contribution in [0.5, 0.6) is 5.75 Å². The maximum atomic E-state index is 14.0. The van der Waals surface area contributed by atoms with Crippen LogP contribution in [0.4, 0.5) is 8.78 Å². The van der Waals surface area contributed by atoms with Crippen molar-refractivity contribution in [3.05, 3.63) is 64.7 Å². The molecule has 0 heterocycles. The van der Waals surface area contributed by atoms with E-state index in [4.69, 9.17) is 10.6 Å². The first-order valence-electron chi connectivity index (χ1n) is 6.60. The Labute approximate surface area is 122 Å². The van der Waals surface area contributed by atoms with Gasteiger partial charge in [-0.15, -0.1) is 0 Å². The quantitative estimate of drug-likeness (QED) is 0.658. The second-order valence-electron chi connectivity index (χ2n) is 4.86. The molecule has 2 rings (SSSR count). The van der Waals surface area contributed by atoms with Crippen molar-refractivity contribution in [2.45, 2.75) is 19.4 Å². The first kappa shape index (κ1) is 15.4. The minimum absolute atomic E-state index is 0.335. The molecule has 1 atom stereocenters. The second kappa shape index (κ2) is 6.65. The fourth-order valence-electron chi connectivity index (χ4n) is 2.30. The zero-order chi connectivity index (χ0) is 15.4. The lowest BCUT2D eigenvalue weighted by Gasteiger charge is -2.19. The summed E-state index contributed by atoms with van der Waals surface area (Å²) >= 11 is 0. The van der Waals surface area contributed by atoms with E-state index in [2.05, 4.69) is 5.43 Å². The zero-order valence-electron chi connectivity index (χ0n) is 12.0. The molecule has 0 aromatic heterocycles. The van der Waals surface area contributed by atoms with Gasteiger partial charge in [-0.2, -0.15) is 0 Å². The number of halogens is 2. The summed E-state index contributed by atoms with van der Waals surface area (Å²) in [4.78, 5) is 0. The van der Waals surface area contributed by atoms with E-state index in [1.807, 2.05) is 24.3 Å². The van der Waals surface area contributed by atoms with E-state index < -0.39 is 17.7 Å². The summed E-state index contributed by atoms with van der Waals surface area (Å²) < 4.78 is 32.6. The summed E-state index contributed by atoms with van der Waals surface area (Å²) in [6.45, 7) is 1.59. The molecule has 3 nitrogen and oxygen atoms in total. The van der Waals surface area contributed by atoms with Crippen LogP contribution in [0, 0.1) is 18.6 Å². The number of para-hydroxylation sites is 1. The van der Waals surface area contributed by atoms with E-state index in [-0.39, 0.29) is 0 Å². The summed E-state index contributed by atoms with van der Waals surface area (Å²) in [7, 11) is 1.58. The molecule has 0 spiro atoms. The number of benzene rings is 2. The molecule has 0 aliphatic rings. The van der Waals surface area contributed by atoms with E-state index in [9.17, 15) is 8.78 Å². The molecule has 0 saturated heterocycles. The summed E-state index contributed by atoms with van der Waals surface area (Å²) in [5, 5.41) is 0. The number of ether oxygens (including phenoxy) is 1. The Bertz CT molecular complexity index is 632. The molecule has 3 N–H and O–H groups in total. The number of methoxy groups -OCH3 is 1. The van der Waals surface area contributed by atoms with Gasteiger partial charge in [-0.1, -0.05) is 18.2 Å². The van der Waals surface area contributed by atoms with Gasteiger partial charge in [0.05, 0.1) is 13.2 Å². The lowest BCUT2D eigenvalue weighted by molar-refractivity contribution is 0.404. The van der Waals surface area contributed by atoms with Gasteiger partial charge in [0.1, 0.15) is 17.4 Å². The van der Waals surface area contributed by atoms with Crippen LogP contribution in [0.25, 0.3) is 0 Å². The van der Waals surface area contributed by atoms with Crippen LogP contribution in [0.1, 0.15) is 22.7 Å².